The lowest BCUT2D eigenvalue weighted by Crippen LogP contribution is -1.94. The zero-order chi connectivity index (χ0) is 11.4. The molecule has 0 aliphatic heterocycles. The summed E-state index contributed by atoms with van der Waals surface area (Å²) in [4.78, 5) is 12.7. The average Bonchev–Trinajstić information content (AvgIpc) is 2.32. The average molecular weight is 297 g/mol. The number of hydrogen-bond donors (Lipinski definition) is 1. The first kappa shape index (κ1) is 11.3. The molecule has 4 nitrogen and oxygen atoms in total. The van der Waals surface area contributed by atoms with E-state index in [1.54, 1.807) is 18.6 Å². The number of rotatable bonds is 3. The van der Waals surface area contributed by atoms with Crippen molar-refractivity contribution in [2.75, 3.05) is 12.4 Å². The predicted molar refractivity (Wildman–Crippen MR) is 67.6 cm³/mol. The van der Waals surface area contributed by atoms with Crippen LogP contribution in [0.5, 0.6) is 0 Å². The third-order valence-corrected chi connectivity index (χ3v) is 3.10. The lowest BCUT2D eigenvalue weighted by molar-refractivity contribution is 1.04. The molecule has 0 aliphatic rings. The summed E-state index contributed by atoms with van der Waals surface area (Å²) in [5.74, 6) is 0.752. The highest BCUT2D eigenvalue weighted by Gasteiger charge is 2.01. The Kier molecular flexibility index (Phi) is 3.74. The van der Waals surface area contributed by atoms with Gasteiger partial charge in [0.05, 0.1) is 12.4 Å². The molecule has 0 amide bonds. The minimum atomic E-state index is 0.752. The molecule has 2 heterocycles. The third-order valence-electron chi connectivity index (χ3n) is 1.78. The molecule has 2 rings (SSSR count). The van der Waals surface area contributed by atoms with Gasteiger partial charge in [-0.15, -0.1) is 0 Å². The van der Waals surface area contributed by atoms with Crippen LogP contribution in [0.15, 0.2) is 45.2 Å². The van der Waals surface area contributed by atoms with E-state index >= 15 is 0 Å². The molecule has 0 atom stereocenters. The maximum Gasteiger partial charge on any atom is 0.145 e. The predicted octanol–water partition coefficient (Wildman–Crippen LogP) is 2.83. The summed E-state index contributed by atoms with van der Waals surface area (Å²) in [6.07, 6.45) is 5.16. The summed E-state index contributed by atoms with van der Waals surface area (Å²) in [7, 11) is 1.82. The fourth-order valence-corrected chi connectivity index (χ4v) is 2.00. The summed E-state index contributed by atoms with van der Waals surface area (Å²) in [6.45, 7) is 0. The van der Waals surface area contributed by atoms with Gasteiger partial charge in [-0.25, -0.2) is 9.97 Å². The molecule has 2 aromatic rings. The van der Waals surface area contributed by atoms with Crippen molar-refractivity contribution in [1.82, 2.24) is 15.0 Å². The summed E-state index contributed by atoms with van der Waals surface area (Å²) < 4.78 is 0.965. The molecule has 6 heteroatoms. The first-order valence-corrected chi connectivity index (χ1v) is 6.18. The number of hydrogen-bond acceptors (Lipinski definition) is 5. The number of nitrogens with zero attached hydrogens (tertiary/aromatic N) is 3. The molecule has 0 saturated heterocycles. The molecule has 0 saturated carbocycles. The Labute approximate surface area is 106 Å². The van der Waals surface area contributed by atoms with E-state index in [0.717, 1.165) is 20.3 Å². The molecule has 0 spiro atoms. The molecule has 2 aromatic heterocycles. The van der Waals surface area contributed by atoms with Gasteiger partial charge in [0.2, 0.25) is 0 Å². The van der Waals surface area contributed by atoms with Crippen molar-refractivity contribution in [2.45, 2.75) is 10.1 Å². The smallest absolute Gasteiger partial charge is 0.145 e. The van der Waals surface area contributed by atoms with Crippen LogP contribution in [-0.4, -0.2) is 22.0 Å². The fourth-order valence-electron chi connectivity index (χ4n) is 1.05. The maximum absolute atomic E-state index is 4.35. The molecule has 0 radical (unpaired) electrons. The van der Waals surface area contributed by atoms with E-state index in [1.165, 1.54) is 11.8 Å². The van der Waals surface area contributed by atoms with Crippen molar-refractivity contribution < 1.29 is 0 Å². The zero-order valence-corrected chi connectivity index (χ0v) is 10.9. The lowest BCUT2D eigenvalue weighted by atomic mass is 10.5. The Morgan fingerprint density at radius 2 is 2.06 bits per heavy atom. The van der Waals surface area contributed by atoms with Crippen molar-refractivity contribution in [2.24, 2.45) is 0 Å². The molecule has 16 heavy (non-hydrogen) atoms. The first-order valence-electron chi connectivity index (χ1n) is 4.57. The van der Waals surface area contributed by atoms with E-state index in [4.69, 9.17) is 0 Å². The molecule has 82 valence electrons. The van der Waals surface area contributed by atoms with Gasteiger partial charge in [0.15, 0.2) is 0 Å². The molecule has 0 fully saturated rings. The fraction of sp³-hybridized carbons (Fsp3) is 0.100. The standard InChI is InChI=1S/C10H9BrN4S/c1-12-8-5-13-6-10(15-8)16-9-3-2-7(11)4-14-9/h2-6H,1H3,(H,12,15). The largest absolute Gasteiger partial charge is 0.372 e. The molecular formula is C10H9BrN4S. The van der Waals surface area contributed by atoms with Crippen LogP contribution in [0.1, 0.15) is 0 Å². The van der Waals surface area contributed by atoms with Gasteiger partial charge in [-0.2, -0.15) is 0 Å². The van der Waals surface area contributed by atoms with Crippen molar-refractivity contribution in [3.05, 3.63) is 35.2 Å². The molecule has 0 bridgehead atoms. The van der Waals surface area contributed by atoms with Gasteiger partial charge in [0.1, 0.15) is 15.9 Å². The Morgan fingerprint density at radius 1 is 1.19 bits per heavy atom. The minimum absolute atomic E-state index is 0.752. The van der Waals surface area contributed by atoms with Gasteiger partial charge in [-0.1, -0.05) is 0 Å². The normalized spacial score (nSPS) is 10.1. The Morgan fingerprint density at radius 3 is 2.75 bits per heavy atom. The monoisotopic (exact) mass is 296 g/mol. The van der Waals surface area contributed by atoms with Crippen LogP contribution in [0, 0.1) is 0 Å². The minimum Gasteiger partial charge on any atom is -0.372 e. The molecule has 0 aliphatic carbocycles. The molecular weight excluding hydrogens is 288 g/mol. The lowest BCUT2D eigenvalue weighted by Gasteiger charge is -2.02. The molecule has 0 unspecified atom stereocenters. The van der Waals surface area contributed by atoms with Crippen LogP contribution in [0.25, 0.3) is 0 Å². The number of anilines is 1. The zero-order valence-electron chi connectivity index (χ0n) is 8.51. The van der Waals surface area contributed by atoms with Gasteiger partial charge in [-0.3, -0.25) is 4.98 Å². The van der Waals surface area contributed by atoms with Crippen LogP contribution in [0.2, 0.25) is 0 Å². The van der Waals surface area contributed by atoms with Crippen molar-refractivity contribution in [3.63, 3.8) is 0 Å². The second-order valence-electron chi connectivity index (χ2n) is 2.91. The second-order valence-corrected chi connectivity index (χ2v) is 4.87. The highest BCUT2D eigenvalue weighted by molar-refractivity contribution is 9.10. The van der Waals surface area contributed by atoms with Gasteiger partial charge < -0.3 is 5.32 Å². The third kappa shape index (κ3) is 2.93. The topological polar surface area (TPSA) is 50.7 Å². The summed E-state index contributed by atoms with van der Waals surface area (Å²) >= 11 is 4.82. The van der Waals surface area contributed by atoms with Crippen LogP contribution in [0.3, 0.4) is 0 Å². The van der Waals surface area contributed by atoms with Gasteiger partial charge in [0.25, 0.3) is 0 Å². The van der Waals surface area contributed by atoms with E-state index in [-0.39, 0.29) is 0 Å². The molecule has 0 aromatic carbocycles. The van der Waals surface area contributed by atoms with E-state index in [1.807, 2.05) is 19.2 Å². The van der Waals surface area contributed by atoms with Crippen molar-refractivity contribution in [3.8, 4) is 0 Å². The number of aromatic nitrogens is 3. The number of halogens is 1. The van der Waals surface area contributed by atoms with Crippen LogP contribution >= 0.6 is 27.7 Å². The van der Waals surface area contributed by atoms with Crippen molar-refractivity contribution in [1.29, 1.82) is 0 Å². The number of nitrogens with one attached hydrogen (secondary N) is 1. The van der Waals surface area contributed by atoms with Crippen LogP contribution < -0.4 is 5.32 Å². The Bertz CT molecular complexity index is 475. The maximum atomic E-state index is 4.35. The van der Waals surface area contributed by atoms with E-state index in [0.29, 0.717) is 0 Å². The highest BCUT2D eigenvalue weighted by Crippen LogP contribution is 2.24. The highest BCUT2D eigenvalue weighted by atomic mass is 79.9. The van der Waals surface area contributed by atoms with Crippen molar-refractivity contribution >= 4 is 33.5 Å². The SMILES string of the molecule is CNc1cncc(Sc2ccc(Br)cn2)n1. The van der Waals surface area contributed by atoms with Crippen LogP contribution in [-0.2, 0) is 0 Å². The van der Waals surface area contributed by atoms with Gasteiger partial charge in [0, 0.05) is 17.7 Å². The summed E-state index contributed by atoms with van der Waals surface area (Å²) in [6, 6.07) is 3.88. The number of pyridine rings is 1. The quantitative estimate of drug-likeness (QED) is 0.944. The van der Waals surface area contributed by atoms with Gasteiger partial charge >= 0.3 is 0 Å². The Balaban J connectivity index is 2.16. The van der Waals surface area contributed by atoms with Gasteiger partial charge in [-0.05, 0) is 39.8 Å². The van der Waals surface area contributed by atoms with E-state index < -0.39 is 0 Å². The first-order chi connectivity index (χ1) is 7.78. The van der Waals surface area contributed by atoms with E-state index in [9.17, 15) is 0 Å². The molecule has 1 N–H and O–H groups in total. The van der Waals surface area contributed by atoms with Crippen LogP contribution in [0.4, 0.5) is 5.82 Å². The Hall–Kier alpha value is -1.14. The second kappa shape index (κ2) is 5.27. The van der Waals surface area contributed by atoms with E-state index in [2.05, 4.69) is 36.2 Å². The summed E-state index contributed by atoms with van der Waals surface area (Å²) in [5.41, 5.74) is 0. The summed E-state index contributed by atoms with van der Waals surface area (Å²) in [5, 5.41) is 4.66.